The predicted molar refractivity (Wildman–Crippen MR) is 69.3 cm³/mol. The van der Waals surface area contributed by atoms with Crippen LogP contribution in [0.5, 0.6) is 0 Å². The number of halogens is 5. The molecule has 2 nitrogen and oxygen atoms in total. The van der Waals surface area contributed by atoms with Crippen LogP contribution in [-0.4, -0.2) is 38.1 Å². The summed E-state index contributed by atoms with van der Waals surface area (Å²) in [5.74, 6) is -4.58. The monoisotopic (exact) mass is 311 g/mol. The van der Waals surface area contributed by atoms with Crippen LogP contribution in [0, 0.1) is 5.82 Å². The average Bonchev–Trinajstić information content (AvgIpc) is 2.41. The Morgan fingerprint density at radius 3 is 2.48 bits per heavy atom. The molecule has 0 spiro atoms. The molecular weight excluding hydrogens is 293 g/mol. The molecule has 1 rings (SSSR count). The van der Waals surface area contributed by atoms with Crippen LogP contribution in [0.1, 0.15) is 12.5 Å². The second kappa shape index (κ2) is 8.29. The predicted octanol–water partition coefficient (Wildman–Crippen LogP) is 3.26. The summed E-state index contributed by atoms with van der Waals surface area (Å²) < 4.78 is 67.6. The summed E-state index contributed by atoms with van der Waals surface area (Å²) in [7, 11) is 0. The SMILES string of the molecule is CCNC(COCC(F)(F)C(F)F)Cc1ccccc1F. The Morgan fingerprint density at radius 2 is 1.90 bits per heavy atom. The molecule has 1 aromatic rings. The molecule has 0 bridgehead atoms. The van der Waals surface area contributed by atoms with Gasteiger partial charge >= 0.3 is 12.3 Å². The van der Waals surface area contributed by atoms with E-state index >= 15 is 0 Å². The van der Waals surface area contributed by atoms with E-state index < -0.39 is 30.8 Å². The molecule has 0 radical (unpaired) electrons. The summed E-state index contributed by atoms with van der Waals surface area (Å²) in [5.41, 5.74) is 0.410. The van der Waals surface area contributed by atoms with E-state index in [2.05, 4.69) is 10.1 Å². The van der Waals surface area contributed by atoms with Crippen molar-refractivity contribution in [2.45, 2.75) is 31.7 Å². The van der Waals surface area contributed by atoms with Crippen LogP contribution < -0.4 is 5.32 Å². The molecule has 0 aromatic heterocycles. The summed E-state index contributed by atoms with van der Waals surface area (Å²) in [6.45, 7) is 0.754. The van der Waals surface area contributed by atoms with Gasteiger partial charge in [-0.2, -0.15) is 8.78 Å². The van der Waals surface area contributed by atoms with E-state index in [0.717, 1.165) is 0 Å². The van der Waals surface area contributed by atoms with Gasteiger partial charge in [-0.05, 0) is 24.6 Å². The van der Waals surface area contributed by atoms with Crippen LogP contribution in [0.15, 0.2) is 24.3 Å². The molecule has 0 fully saturated rings. The minimum Gasteiger partial charge on any atom is -0.373 e. The molecule has 0 saturated heterocycles. The lowest BCUT2D eigenvalue weighted by Gasteiger charge is -2.21. The second-order valence-corrected chi connectivity index (χ2v) is 4.63. The smallest absolute Gasteiger partial charge is 0.330 e. The number of alkyl halides is 4. The highest BCUT2D eigenvalue weighted by Crippen LogP contribution is 2.23. The number of rotatable bonds is 9. The van der Waals surface area contributed by atoms with Crippen molar-refractivity contribution < 1.29 is 26.7 Å². The molecule has 1 aromatic carbocycles. The van der Waals surface area contributed by atoms with Gasteiger partial charge < -0.3 is 10.1 Å². The van der Waals surface area contributed by atoms with Crippen LogP contribution in [0.3, 0.4) is 0 Å². The summed E-state index contributed by atoms with van der Waals surface area (Å²) in [5, 5.41) is 2.95. The Hall–Kier alpha value is -1.21. The van der Waals surface area contributed by atoms with Crippen molar-refractivity contribution in [2.24, 2.45) is 0 Å². The summed E-state index contributed by atoms with van der Waals surface area (Å²) in [6.07, 6.45) is -3.54. The Labute approximate surface area is 120 Å². The maximum atomic E-state index is 13.5. The first-order valence-electron chi connectivity index (χ1n) is 6.57. The number of likely N-dealkylation sites (N-methyl/N-ethyl adjacent to an activating group) is 1. The molecule has 0 heterocycles. The van der Waals surface area contributed by atoms with Crippen LogP contribution in [-0.2, 0) is 11.2 Å². The van der Waals surface area contributed by atoms with Gasteiger partial charge in [0.2, 0.25) is 0 Å². The third-order valence-electron chi connectivity index (χ3n) is 2.85. The molecular formula is C14H18F5NO. The molecule has 120 valence electrons. The molecule has 0 saturated carbocycles. The maximum Gasteiger partial charge on any atom is 0.330 e. The zero-order valence-corrected chi connectivity index (χ0v) is 11.6. The van der Waals surface area contributed by atoms with Crippen LogP contribution in [0.25, 0.3) is 0 Å². The molecule has 21 heavy (non-hydrogen) atoms. The Balaban J connectivity index is 2.53. The molecule has 0 aliphatic carbocycles. The van der Waals surface area contributed by atoms with Gasteiger partial charge in [0, 0.05) is 6.04 Å². The topological polar surface area (TPSA) is 21.3 Å². The lowest BCUT2D eigenvalue weighted by molar-refractivity contribution is -0.167. The minimum absolute atomic E-state index is 0.204. The zero-order valence-electron chi connectivity index (χ0n) is 11.6. The number of hydrogen-bond donors (Lipinski definition) is 1. The highest BCUT2D eigenvalue weighted by atomic mass is 19.3. The summed E-state index contributed by atoms with van der Waals surface area (Å²) in [6, 6.07) is 5.64. The van der Waals surface area contributed by atoms with Gasteiger partial charge in [-0.1, -0.05) is 25.1 Å². The first-order chi connectivity index (χ1) is 9.86. The number of hydrogen-bond acceptors (Lipinski definition) is 2. The van der Waals surface area contributed by atoms with Crippen molar-refractivity contribution in [3.05, 3.63) is 35.6 Å². The Morgan fingerprint density at radius 1 is 1.24 bits per heavy atom. The molecule has 1 N–H and O–H groups in total. The van der Waals surface area contributed by atoms with E-state index in [-0.39, 0.29) is 13.0 Å². The third kappa shape index (κ3) is 5.97. The van der Waals surface area contributed by atoms with Gasteiger partial charge in [0.05, 0.1) is 6.61 Å². The van der Waals surface area contributed by atoms with E-state index in [9.17, 15) is 22.0 Å². The quantitative estimate of drug-likeness (QED) is 0.707. The fraction of sp³-hybridized carbons (Fsp3) is 0.571. The average molecular weight is 311 g/mol. The van der Waals surface area contributed by atoms with Gasteiger partial charge in [-0.3, -0.25) is 0 Å². The van der Waals surface area contributed by atoms with E-state index in [1.165, 1.54) is 6.07 Å². The number of ether oxygens (including phenoxy) is 1. The zero-order chi connectivity index (χ0) is 15.9. The molecule has 0 aliphatic heterocycles. The number of nitrogens with one attached hydrogen (secondary N) is 1. The summed E-state index contributed by atoms with van der Waals surface area (Å²) >= 11 is 0. The number of benzene rings is 1. The van der Waals surface area contributed by atoms with Crippen molar-refractivity contribution in [1.29, 1.82) is 0 Å². The highest BCUT2D eigenvalue weighted by Gasteiger charge is 2.41. The van der Waals surface area contributed by atoms with Gasteiger partial charge in [-0.15, -0.1) is 0 Å². The normalized spacial score (nSPS) is 13.7. The Kier molecular flexibility index (Phi) is 7.04. The van der Waals surface area contributed by atoms with Crippen LogP contribution in [0.4, 0.5) is 22.0 Å². The highest BCUT2D eigenvalue weighted by molar-refractivity contribution is 5.18. The minimum atomic E-state index is -4.17. The van der Waals surface area contributed by atoms with Crippen LogP contribution in [0.2, 0.25) is 0 Å². The standard InChI is InChI=1S/C14H18F5NO/c1-2-20-11(7-10-5-3-4-6-12(10)15)8-21-9-14(18,19)13(16)17/h3-6,11,13,20H,2,7-9H2,1H3. The first kappa shape index (κ1) is 17.8. The molecule has 1 atom stereocenters. The summed E-state index contributed by atoms with van der Waals surface area (Å²) in [4.78, 5) is 0. The fourth-order valence-corrected chi connectivity index (χ4v) is 1.81. The van der Waals surface area contributed by atoms with Gasteiger partial charge in [0.1, 0.15) is 12.4 Å². The van der Waals surface area contributed by atoms with Crippen molar-refractivity contribution in [2.75, 3.05) is 19.8 Å². The Bertz CT molecular complexity index is 428. The lowest BCUT2D eigenvalue weighted by Crippen LogP contribution is -2.39. The van der Waals surface area contributed by atoms with Gasteiger partial charge in [0.25, 0.3) is 0 Å². The largest absolute Gasteiger partial charge is 0.373 e. The van der Waals surface area contributed by atoms with Gasteiger partial charge in [-0.25, -0.2) is 13.2 Å². The van der Waals surface area contributed by atoms with E-state index in [1.807, 2.05) is 0 Å². The second-order valence-electron chi connectivity index (χ2n) is 4.63. The van der Waals surface area contributed by atoms with Crippen molar-refractivity contribution in [1.82, 2.24) is 5.32 Å². The van der Waals surface area contributed by atoms with Crippen molar-refractivity contribution in [3.8, 4) is 0 Å². The van der Waals surface area contributed by atoms with Gasteiger partial charge in [0.15, 0.2) is 0 Å². The van der Waals surface area contributed by atoms with E-state index in [0.29, 0.717) is 12.1 Å². The fourth-order valence-electron chi connectivity index (χ4n) is 1.81. The van der Waals surface area contributed by atoms with Crippen molar-refractivity contribution in [3.63, 3.8) is 0 Å². The van der Waals surface area contributed by atoms with Crippen LogP contribution >= 0.6 is 0 Å². The molecule has 0 aliphatic rings. The first-order valence-corrected chi connectivity index (χ1v) is 6.57. The van der Waals surface area contributed by atoms with Crippen molar-refractivity contribution >= 4 is 0 Å². The lowest BCUT2D eigenvalue weighted by atomic mass is 10.1. The molecule has 0 amide bonds. The van der Waals surface area contributed by atoms with E-state index in [4.69, 9.17) is 0 Å². The van der Waals surface area contributed by atoms with E-state index in [1.54, 1.807) is 25.1 Å². The third-order valence-corrected chi connectivity index (χ3v) is 2.85. The molecule has 7 heteroatoms. The maximum absolute atomic E-state index is 13.5. The molecule has 1 unspecified atom stereocenters.